The minimum atomic E-state index is -0.364. The van der Waals surface area contributed by atoms with Crippen molar-refractivity contribution in [1.29, 1.82) is 0 Å². The van der Waals surface area contributed by atoms with Gasteiger partial charge in [-0.2, -0.15) is 0 Å². The first kappa shape index (κ1) is 11.8. The van der Waals surface area contributed by atoms with Gasteiger partial charge in [-0.25, -0.2) is 9.37 Å². The Morgan fingerprint density at radius 3 is 2.94 bits per heavy atom. The molecule has 0 unspecified atom stereocenters. The fraction of sp³-hybridized carbons (Fsp3) is 0.100. The van der Waals surface area contributed by atoms with Crippen molar-refractivity contribution in [3.63, 3.8) is 0 Å². The summed E-state index contributed by atoms with van der Waals surface area (Å²) >= 11 is 10.7. The molecule has 0 saturated carbocycles. The van der Waals surface area contributed by atoms with E-state index in [2.05, 4.69) is 26.2 Å². The maximum atomic E-state index is 13.0. The summed E-state index contributed by atoms with van der Waals surface area (Å²) in [6.45, 7) is 0.571. The number of thiazole rings is 1. The van der Waals surface area contributed by atoms with Gasteiger partial charge in [0.15, 0.2) is 0 Å². The van der Waals surface area contributed by atoms with Crippen LogP contribution in [0.25, 0.3) is 0 Å². The number of anilines is 1. The van der Waals surface area contributed by atoms with Crippen molar-refractivity contribution < 1.29 is 4.39 Å². The molecule has 0 aliphatic carbocycles. The van der Waals surface area contributed by atoms with Crippen molar-refractivity contribution in [2.24, 2.45) is 0 Å². The Morgan fingerprint density at radius 2 is 2.31 bits per heavy atom. The first-order valence-electron chi connectivity index (χ1n) is 4.43. The molecule has 1 aromatic carbocycles. The van der Waals surface area contributed by atoms with Gasteiger partial charge in [0.2, 0.25) is 0 Å². The van der Waals surface area contributed by atoms with E-state index in [1.54, 1.807) is 17.5 Å². The smallest absolute Gasteiger partial charge is 0.125 e. The van der Waals surface area contributed by atoms with Gasteiger partial charge in [0, 0.05) is 16.0 Å². The van der Waals surface area contributed by atoms with Gasteiger partial charge in [-0.3, -0.25) is 0 Å². The Morgan fingerprint density at radius 1 is 1.50 bits per heavy atom. The second-order valence-corrected chi connectivity index (χ2v) is 5.26. The largest absolute Gasteiger partial charge is 0.376 e. The maximum Gasteiger partial charge on any atom is 0.125 e. The third-order valence-corrected chi connectivity index (χ3v) is 3.61. The summed E-state index contributed by atoms with van der Waals surface area (Å²) in [5.41, 5.74) is 0.679. The summed E-state index contributed by atoms with van der Waals surface area (Å²) in [6.07, 6.45) is 1.74. The van der Waals surface area contributed by atoms with E-state index in [4.69, 9.17) is 11.6 Å². The molecule has 2 aromatic rings. The van der Waals surface area contributed by atoms with Gasteiger partial charge in [-0.05, 0) is 28.1 Å². The topological polar surface area (TPSA) is 24.9 Å². The molecule has 0 spiro atoms. The van der Waals surface area contributed by atoms with Crippen molar-refractivity contribution in [3.05, 3.63) is 44.0 Å². The zero-order valence-corrected chi connectivity index (χ0v) is 11.2. The highest BCUT2D eigenvalue weighted by Crippen LogP contribution is 2.32. The van der Waals surface area contributed by atoms with Crippen LogP contribution in [0.15, 0.2) is 28.2 Å². The fourth-order valence-corrected chi connectivity index (χ4v) is 2.73. The quantitative estimate of drug-likeness (QED) is 0.911. The van der Waals surface area contributed by atoms with E-state index in [0.717, 1.165) is 5.01 Å². The second-order valence-electron chi connectivity index (χ2n) is 3.02. The normalized spacial score (nSPS) is 10.4. The maximum absolute atomic E-state index is 13.0. The van der Waals surface area contributed by atoms with E-state index in [9.17, 15) is 4.39 Å². The molecule has 2 nitrogen and oxygen atoms in total. The summed E-state index contributed by atoms with van der Waals surface area (Å²) in [5.74, 6) is -0.364. The Bertz CT molecular complexity index is 467. The van der Waals surface area contributed by atoms with Gasteiger partial charge in [0.05, 0.1) is 17.3 Å². The summed E-state index contributed by atoms with van der Waals surface area (Å²) in [4.78, 5) is 4.13. The first-order chi connectivity index (χ1) is 7.66. The molecule has 2 rings (SSSR count). The molecule has 0 bridgehead atoms. The standard InChI is InChI=1S/C10H7BrClFN2S/c11-7-3-6(13)4-8(12)10(7)15-5-9-14-1-2-16-9/h1-4,15H,5H2. The number of nitrogens with one attached hydrogen (secondary N) is 1. The van der Waals surface area contributed by atoms with E-state index < -0.39 is 0 Å². The molecular weight excluding hydrogens is 315 g/mol. The SMILES string of the molecule is Fc1cc(Cl)c(NCc2nccs2)c(Br)c1. The number of hydrogen-bond donors (Lipinski definition) is 1. The van der Waals surface area contributed by atoms with Crippen LogP contribution in [-0.4, -0.2) is 4.98 Å². The lowest BCUT2D eigenvalue weighted by Gasteiger charge is -2.09. The molecule has 0 amide bonds. The molecule has 0 atom stereocenters. The molecule has 0 radical (unpaired) electrons. The number of benzene rings is 1. The summed E-state index contributed by atoms with van der Waals surface area (Å²) < 4.78 is 13.6. The predicted octanol–water partition coefficient (Wildman–Crippen LogP) is 4.31. The summed E-state index contributed by atoms with van der Waals surface area (Å²) in [5, 5.41) is 6.32. The van der Waals surface area contributed by atoms with Crippen molar-refractivity contribution in [2.75, 3.05) is 5.32 Å². The predicted molar refractivity (Wildman–Crippen MR) is 68.6 cm³/mol. The molecule has 0 aliphatic rings. The summed E-state index contributed by atoms with van der Waals surface area (Å²) in [7, 11) is 0. The number of aromatic nitrogens is 1. The highest BCUT2D eigenvalue weighted by atomic mass is 79.9. The van der Waals surface area contributed by atoms with E-state index in [1.807, 2.05) is 5.38 Å². The van der Waals surface area contributed by atoms with Crippen LogP contribution in [0.3, 0.4) is 0 Å². The third kappa shape index (κ3) is 2.72. The highest BCUT2D eigenvalue weighted by Gasteiger charge is 2.08. The minimum absolute atomic E-state index is 0.350. The number of halogens is 3. The Labute approximate surface area is 110 Å². The van der Waals surface area contributed by atoms with Gasteiger partial charge in [-0.1, -0.05) is 11.6 Å². The van der Waals surface area contributed by atoms with Crippen LogP contribution in [0.4, 0.5) is 10.1 Å². The van der Waals surface area contributed by atoms with Gasteiger partial charge >= 0.3 is 0 Å². The molecular formula is C10H7BrClFN2S. The van der Waals surface area contributed by atoms with Crippen LogP contribution in [0, 0.1) is 5.82 Å². The fourth-order valence-electron chi connectivity index (χ4n) is 1.22. The lowest BCUT2D eigenvalue weighted by Crippen LogP contribution is -2.00. The van der Waals surface area contributed by atoms with E-state index in [1.165, 1.54) is 12.1 Å². The van der Waals surface area contributed by atoms with E-state index >= 15 is 0 Å². The molecule has 0 fully saturated rings. The Kier molecular flexibility index (Phi) is 3.78. The molecule has 1 N–H and O–H groups in total. The van der Waals surface area contributed by atoms with Gasteiger partial charge < -0.3 is 5.32 Å². The lowest BCUT2D eigenvalue weighted by atomic mass is 10.3. The summed E-state index contributed by atoms with van der Waals surface area (Å²) in [6, 6.07) is 2.65. The van der Waals surface area contributed by atoms with Crippen molar-refractivity contribution in [1.82, 2.24) is 4.98 Å². The van der Waals surface area contributed by atoms with Gasteiger partial charge in [-0.15, -0.1) is 11.3 Å². The van der Waals surface area contributed by atoms with Crippen LogP contribution >= 0.6 is 38.9 Å². The van der Waals surface area contributed by atoms with Crippen LogP contribution in [0.2, 0.25) is 5.02 Å². The number of rotatable bonds is 3. The van der Waals surface area contributed by atoms with Crippen molar-refractivity contribution in [3.8, 4) is 0 Å². The lowest BCUT2D eigenvalue weighted by molar-refractivity contribution is 0.627. The Balaban J connectivity index is 2.15. The number of hydrogen-bond acceptors (Lipinski definition) is 3. The van der Waals surface area contributed by atoms with Crippen LogP contribution in [0.1, 0.15) is 5.01 Å². The van der Waals surface area contributed by atoms with Crippen LogP contribution < -0.4 is 5.32 Å². The van der Waals surface area contributed by atoms with Gasteiger partial charge in [0.1, 0.15) is 10.8 Å². The number of nitrogens with zero attached hydrogens (tertiary/aromatic N) is 1. The van der Waals surface area contributed by atoms with Crippen molar-refractivity contribution >= 4 is 44.6 Å². The van der Waals surface area contributed by atoms with Crippen LogP contribution in [-0.2, 0) is 6.54 Å². The zero-order valence-electron chi connectivity index (χ0n) is 8.01. The van der Waals surface area contributed by atoms with E-state index in [-0.39, 0.29) is 5.82 Å². The molecule has 16 heavy (non-hydrogen) atoms. The zero-order chi connectivity index (χ0) is 11.5. The molecule has 1 aromatic heterocycles. The first-order valence-corrected chi connectivity index (χ1v) is 6.48. The average molecular weight is 322 g/mol. The third-order valence-electron chi connectivity index (χ3n) is 1.91. The Hall–Kier alpha value is -0.650. The molecule has 0 aliphatic heterocycles. The second kappa shape index (κ2) is 5.12. The minimum Gasteiger partial charge on any atom is -0.376 e. The monoisotopic (exact) mass is 320 g/mol. The van der Waals surface area contributed by atoms with Crippen molar-refractivity contribution in [2.45, 2.75) is 6.54 Å². The van der Waals surface area contributed by atoms with E-state index in [0.29, 0.717) is 21.7 Å². The molecule has 84 valence electrons. The van der Waals surface area contributed by atoms with Crippen LogP contribution in [0.5, 0.6) is 0 Å². The molecule has 1 heterocycles. The molecule has 0 saturated heterocycles. The molecule has 6 heteroatoms. The van der Waals surface area contributed by atoms with Gasteiger partial charge in [0.25, 0.3) is 0 Å². The highest BCUT2D eigenvalue weighted by molar-refractivity contribution is 9.10. The average Bonchev–Trinajstić information content (AvgIpc) is 2.68.